The summed E-state index contributed by atoms with van der Waals surface area (Å²) in [7, 11) is 0. The van der Waals surface area contributed by atoms with Gasteiger partial charge in [-0.3, -0.25) is 4.79 Å². The van der Waals surface area contributed by atoms with Crippen molar-refractivity contribution in [2.24, 2.45) is 0 Å². The van der Waals surface area contributed by atoms with E-state index in [-0.39, 0.29) is 29.3 Å². The molecule has 0 aliphatic carbocycles. The summed E-state index contributed by atoms with van der Waals surface area (Å²) in [4.78, 5) is 31.4. The van der Waals surface area contributed by atoms with Gasteiger partial charge >= 0.3 is 12.4 Å². The maximum Gasteiger partial charge on any atom is 0.573 e. The molecule has 1 aromatic heterocycles. The molecule has 0 spiro atoms. The molecule has 2 aromatic carbocycles. The fourth-order valence-corrected chi connectivity index (χ4v) is 5.02. The van der Waals surface area contributed by atoms with Gasteiger partial charge in [0.15, 0.2) is 0 Å². The van der Waals surface area contributed by atoms with Gasteiger partial charge in [-0.25, -0.2) is 9.78 Å². The highest BCUT2D eigenvalue weighted by atomic mass is 32.1. The van der Waals surface area contributed by atoms with Crippen LogP contribution in [0.1, 0.15) is 34.3 Å². The molecule has 1 fully saturated rings. The number of piperidine rings is 1. The first-order valence-corrected chi connectivity index (χ1v) is 12.5. The molecule has 0 atom stereocenters. The molecule has 0 radical (unpaired) electrons. The number of hydrogen-bond acceptors (Lipinski definition) is 5. The average molecular weight is 531 g/mol. The second-order valence-corrected chi connectivity index (χ2v) is 9.27. The van der Waals surface area contributed by atoms with Gasteiger partial charge in [0.25, 0.3) is 5.91 Å². The summed E-state index contributed by atoms with van der Waals surface area (Å²) in [6, 6.07) is 12.3. The molecule has 0 bridgehead atoms. The van der Waals surface area contributed by atoms with E-state index in [1.807, 2.05) is 0 Å². The topological polar surface area (TPSA) is 83.6 Å². The first-order valence-electron chi connectivity index (χ1n) is 11.6. The van der Waals surface area contributed by atoms with E-state index in [4.69, 9.17) is 0 Å². The third-order valence-electron chi connectivity index (χ3n) is 5.86. The third-order valence-corrected chi connectivity index (χ3v) is 6.87. The fourth-order valence-electron chi connectivity index (χ4n) is 4.05. The molecule has 194 valence electrons. The summed E-state index contributed by atoms with van der Waals surface area (Å²) < 4.78 is 41.3. The van der Waals surface area contributed by atoms with Gasteiger partial charge in [0.1, 0.15) is 11.4 Å². The van der Waals surface area contributed by atoms with Crippen LogP contribution in [0.4, 0.5) is 23.7 Å². The van der Waals surface area contributed by atoms with Gasteiger partial charge in [-0.15, -0.1) is 31.1 Å². The number of carbonyl (C=O) groups is 2. The van der Waals surface area contributed by atoms with Crippen LogP contribution in [0, 0.1) is 0 Å². The van der Waals surface area contributed by atoms with Gasteiger partial charge in [0.05, 0.1) is 5.01 Å². The van der Waals surface area contributed by atoms with Crippen LogP contribution >= 0.6 is 11.3 Å². The molecule has 0 saturated carbocycles. The van der Waals surface area contributed by atoms with Crippen molar-refractivity contribution in [2.45, 2.75) is 25.1 Å². The summed E-state index contributed by atoms with van der Waals surface area (Å²) in [5, 5.41) is 8.20. The van der Waals surface area contributed by atoms with Crippen molar-refractivity contribution in [2.75, 3.05) is 25.0 Å². The van der Waals surface area contributed by atoms with E-state index in [1.54, 1.807) is 40.6 Å². The molecule has 4 rings (SSSR count). The van der Waals surface area contributed by atoms with E-state index >= 15 is 0 Å². The summed E-state index contributed by atoms with van der Waals surface area (Å²) >= 11 is 1.42. The molecule has 1 saturated heterocycles. The number of likely N-dealkylation sites (tertiary alicyclic amines) is 1. The van der Waals surface area contributed by atoms with E-state index in [0.717, 1.165) is 17.8 Å². The molecule has 7 nitrogen and oxygen atoms in total. The van der Waals surface area contributed by atoms with Gasteiger partial charge in [-0.05, 0) is 36.6 Å². The summed E-state index contributed by atoms with van der Waals surface area (Å²) in [5.74, 6) is -0.538. The number of para-hydroxylation sites is 1. The Bertz CT molecular complexity index is 1250. The maximum atomic E-state index is 13.0. The Labute approximate surface area is 216 Å². The summed E-state index contributed by atoms with van der Waals surface area (Å²) in [5.41, 5.74) is 2.06. The second-order valence-electron chi connectivity index (χ2n) is 8.38. The van der Waals surface area contributed by atoms with Crippen molar-refractivity contribution in [3.05, 3.63) is 77.3 Å². The minimum atomic E-state index is -4.77. The standard InChI is InChI=1S/C26H25F3N4O3S/c1-2-13-30-25(35)33-14-11-18(12-15-33)24-32-22(16-37-24)23(34)31-21-6-4-3-5-20(21)17-7-9-19(10-8-17)36-26(27,28)29/h2-10,16,18H,1,11-15H2,(H,30,35)(H,31,34). The normalized spacial score (nSPS) is 14.2. The predicted octanol–water partition coefficient (Wildman–Crippen LogP) is 6.04. The van der Waals surface area contributed by atoms with Gasteiger partial charge < -0.3 is 20.3 Å². The molecule has 1 aliphatic rings. The number of aromatic nitrogens is 1. The van der Waals surface area contributed by atoms with E-state index in [9.17, 15) is 22.8 Å². The zero-order valence-corrected chi connectivity index (χ0v) is 20.6. The smallest absolute Gasteiger partial charge is 0.406 e. The predicted molar refractivity (Wildman–Crippen MR) is 136 cm³/mol. The molecule has 37 heavy (non-hydrogen) atoms. The first kappa shape index (κ1) is 26.2. The van der Waals surface area contributed by atoms with Gasteiger partial charge in [0.2, 0.25) is 0 Å². The van der Waals surface area contributed by atoms with Crippen LogP contribution in [-0.2, 0) is 0 Å². The highest BCUT2D eigenvalue weighted by Crippen LogP contribution is 2.33. The SMILES string of the molecule is C=CCNC(=O)N1CCC(c2nc(C(=O)Nc3ccccc3-c3ccc(OC(F)(F)F)cc3)cs2)CC1. The number of ether oxygens (including phenoxy) is 1. The molecule has 1 aliphatic heterocycles. The van der Waals surface area contributed by atoms with Crippen LogP contribution in [0.15, 0.2) is 66.6 Å². The minimum absolute atomic E-state index is 0.112. The number of amides is 3. The molecule has 0 unspecified atom stereocenters. The highest BCUT2D eigenvalue weighted by Gasteiger charge is 2.31. The van der Waals surface area contributed by atoms with Crippen molar-refractivity contribution in [3.63, 3.8) is 0 Å². The van der Waals surface area contributed by atoms with Crippen LogP contribution in [0.2, 0.25) is 0 Å². The zero-order valence-electron chi connectivity index (χ0n) is 19.8. The lowest BCUT2D eigenvalue weighted by Crippen LogP contribution is -2.44. The number of urea groups is 1. The van der Waals surface area contributed by atoms with E-state index < -0.39 is 6.36 Å². The minimum Gasteiger partial charge on any atom is -0.406 e. The van der Waals surface area contributed by atoms with Crippen molar-refractivity contribution in [3.8, 4) is 16.9 Å². The van der Waals surface area contributed by atoms with Crippen molar-refractivity contribution >= 4 is 29.0 Å². The molecule has 11 heteroatoms. The Kier molecular flexibility index (Phi) is 8.12. The molecule has 3 amide bonds. The fraction of sp³-hybridized carbons (Fsp3) is 0.269. The monoisotopic (exact) mass is 530 g/mol. The molecule has 2 N–H and O–H groups in total. The molecular weight excluding hydrogens is 505 g/mol. The number of halogens is 3. The van der Waals surface area contributed by atoms with E-state index in [0.29, 0.717) is 36.4 Å². The number of carbonyl (C=O) groups excluding carboxylic acids is 2. The Morgan fingerprint density at radius 2 is 1.84 bits per heavy atom. The largest absolute Gasteiger partial charge is 0.573 e. The average Bonchev–Trinajstić information content (AvgIpc) is 3.38. The van der Waals surface area contributed by atoms with Gasteiger partial charge in [-0.1, -0.05) is 36.4 Å². The maximum absolute atomic E-state index is 13.0. The van der Waals surface area contributed by atoms with Crippen LogP contribution in [0.5, 0.6) is 5.75 Å². The van der Waals surface area contributed by atoms with E-state index in [2.05, 4.69) is 26.9 Å². The Balaban J connectivity index is 1.40. The summed E-state index contributed by atoms with van der Waals surface area (Å²) in [6.45, 7) is 5.23. The highest BCUT2D eigenvalue weighted by molar-refractivity contribution is 7.10. The number of rotatable bonds is 7. The summed E-state index contributed by atoms with van der Waals surface area (Å²) in [6.07, 6.45) is -1.62. The Morgan fingerprint density at radius 1 is 1.14 bits per heavy atom. The van der Waals surface area contributed by atoms with E-state index in [1.165, 1.54) is 35.6 Å². The quantitative estimate of drug-likeness (QED) is 0.365. The lowest BCUT2D eigenvalue weighted by molar-refractivity contribution is -0.274. The lowest BCUT2D eigenvalue weighted by Gasteiger charge is -2.31. The first-order chi connectivity index (χ1) is 17.7. The van der Waals surface area contributed by atoms with Crippen LogP contribution < -0.4 is 15.4 Å². The number of nitrogens with one attached hydrogen (secondary N) is 2. The molecular formula is C26H25F3N4O3S. The number of thiazole rings is 1. The zero-order chi connectivity index (χ0) is 26.4. The third kappa shape index (κ3) is 6.88. The Morgan fingerprint density at radius 3 is 2.51 bits per heavy atom. The van der Waals surface area contributed by atoms with Gasteiger partial charge in [-0.2, -0.15) is 0 Å². The van der Waals surface area contributed by atoms with Crippen molar-refractivity contribution < 1.29 is 27.5 Å². The number of alkyl halides is 3. The Hall–Kier alpha value is -3.86. The van der Waals surface area contributed by atoms with Crippen molar-refractivity contribution in [1.82, 2.24) is 15.2 Å². The van der Waals surface area contributed by atoms with Crippen LogP contribution in [0.3, 0.4) is 0 Å². The number of benzene rings is 2. The van der Waals surface area contributed by atoms with Crippen LogP contribution in [0.25, 0.3) is 11.1 Å². The number of anilines is 1. The molecule has 3 aromatic rings. The van der Waals surface area contributed by atoms with Gasteiger partial charge in [0, 0.05) is 42.2 Å². The molecule has 2 heterocycles. The van der Waals surface area contributed by atoms with Crippen molar-refractivity contribution in [1.29, 1.82) is 0 Å². The van der Waals surface area contributed by atoms with Crippen LogP contribution in [-0.4, -0.2) is 47.8 Å². The number of hydrogen-bond donors (Lipinski definition) is 2. The number of nitrogens with zero attached hydrogens (tertiary/aromatic N) is 2. The lowest BCUT2D eigenvalue weighted by atomic mass is 9.98. The second kappa shape index (κ2) is 11.5.